The molecule has 0 saturated heterocycles. The average Bonchev–Trinajstić information content (AvgIpc) is 2.60. The van der Waals surface area contributed by atoms with Gasteiger partial charge < -0.3 is 19.6 Å². The molecule has 204 valence electrons. The Hall–Kier alpha value is -0.770. The summed E-state index contributed by atoms with van der Waals surface area (Å²) in [7, 11) is -14.0. The summed E-state index contributed by atoms with van der Waals surface area (Å²) in [6, 6.07) is 6.58. The minimum Gasteiger partial charge on any atom is -0.371 e. The van der Waals surface area contributed by atoms with E-state index in [1.165, 1.54) is 0 Å². The summed E-state index contributed by atoms with van der Waals surface area (Å²) in [6.07, 6.45) is -0.271. The van der Waals surface area contributed by atoms with Gasteiger partial charge >= 0.3 is 15.4 Å². The van der Waals surface area contributed by atoms with Crippen molar-refractivity contribution in [2.45, 2.75) is 73.2 Å². The van der Waals surface area contributed by atoms with Crippen LogP contribution in [-0.4, -0.2) is 46.0 Å². The zero-order chi connectivity index (χ0) is 27.7. The molecular weight excluding hydrogens is 516 g/mol. The predicted molar refractivity (Wildman–Crippen MR) is 138 cm³/mol. The number of rotatable bonds is 12. The summed E-state index contributed by atoms with van der Waals surface area (Å²) in [4.78, 5) is 29.4. The molecule has 1 aromatic rings. The van der Waals surface area contributed by atoms with Crippen molar-refractivity contribution >= 4 is 31.2 Å². The van der Waals surface area contributed by atoms with E-state index in [4.69, 9.17) is 9.79 Å². The van der Waals surface area contributed by atoms with Crippen LogP contribution in [-0.2, 0) is 29.7 Å². The van der Waals surface area contributed by atoms with Gasteiger partial charge in [-0.15, -0.1) is 0 Å². The first-order valence-corrected chi connectivity index (χ1v) is 16.1. The molecule has 35 heavy (non-hydrogen) atoms. The molecule has 1 rings (SSSR count). The molecule has 0 heterocycles. The van der Waals surface area contributed by atoms with Gasteiger partial charge in [-0.3, -0.25) is 9.12 Å². The van der Waals surface area contributed by atoms with Crippen molar-refractivity contribution in [3.63, 3.8) is 0 Å². The number of phosphoric acid groups is 1. The maximum absolute atomic E-state index is 12.4. The third-order valence-corrected chi connectivity index (χ3v) is 10.7. The lowest BCUT2D eigenvalue weighted by Crippen LogP contribution is -2.52. The Labute approximate surface area is 209 Å². The summed E-state index contributed by atoms with van der Waals surface area (Å²) >= 11 is 0. The van der Waals surface area contributed by atoms with Crippen molar-refractivity contribution in [1.82, 2.24) is 0 Å². The predicted octanol–water partition coefficient (Wildman–Crippen LogP) is 5.05. The van der Waals surface area contributed by atoms with E-state index in [-0.39, 0.29) is 5.41 Å². The Morgan fingerprint density at radius 3 is 1.83 bits per heavy atom. The van der Waals surface area contributed by atoms with Crippen LogP contribution in [0, 0.1) is 16.2 Å². The summed E-state index contributed by atoms with van der Waals surface area (Å²) in [5.41, 5.74) is -0.539. The largest absolute Gasteiger partial charge is 0.476 e. The normalized spacial score (nSPS) is 16.6. The molecule has 2 unspecified atom stereocenters. The topological polar surface area (TPSA) is 162 Å². The van der Waals surface area contributed by atoms with Crippen LogP contribution in [0.15, 0.2) is 24.3 Å². The van der Waals surface area contributed by atoms with Crippen LogP contribution in [0.25, 0.3) is 0 Å². The number of nitrogens with zero attached hydrogens (tertiary/aromatic N) is 1. The van der Waals surface area contributed by atoms with Crippen molar-refractivity contribution in [3.8, 4) is 0 Å². The van der Waals surface area contributed by atoms with Gasteiger partial charge in [0.25, 0.3) is 10.1 Å². The second-order valence-electron chi connectivity index (χ2n) is 11.4. The van der Waals surface area contributed by atoms with Crippen molar-refractivity contribution in [1.29, 1.82) is 0 Å². The molecule has 0 bridgehead atoms. The standard InChI is InChI=1S/C22H41NO9P2S/c1-9-23(18-12-10-17(11-13-18)15-33(24,25)32-34(26,27)28)16-21(5,6)22(7,8)19(35(29,30)31)14-20(2,3)4/h10-13,19H,9,14-16H2,1-8H3,(H,24,25)(H2,26,27,28)(H,29,30,31). The van der Waals surface area contributed by atoms with Gasteiger partial charge in [0.1, 0.15) is 0 Å². The van der Waals surface area contributed by atoms with Gasteiger partial charge in [0.15, 0.2) is 0 Å². The maximum Gasteiger partial charge on any atom is 0.476 e. The highest BCUT2D eigenvalue weighted by Crippen LogP contribution is 2.58. The minimum absolute atomic E-state index is 0.293. The van der Waals surface area contributed by atoms with Crippen LogP contribution in [0.1, 0.15) is 67.4 Å². The molecule has 0 spiro atoms. The van der Waals surface area contributed by atoms with Crippen molar-refractivity contribution in [3.05, 3.63) is 29.8 Å². The molecule has 0 amide bonds. The van der Waals surface area contributed by atoms with Crippen molar-refractivity contribution in [2.75, 3.05) is 18.0 Å². The SMILES string of the molecule is CCN(CC(C)(C)C(C)(C)C(CC(C)(C)C)S(=O)(=O)O)c1ccc(CP(=O)(O)OP(=O)(O)O)cc1. The van der Waals surface area contributed by atoms with Gasteiger partial charge in [-0.25, -0.2) is 8.88 Å². The van der Waals surface area contributed by atoms with E-state index < -0.39 is 47.8 Å². The lowest BCUT2D eigenvalue weighted by atomic mass is 9.63. The van der Waals surface area contributed by atoms with Gasteiger partial charge in [-0.1, -0.05) is 60.6 Å². The average molecular weight is 558 g/mol. The van der Waals surface area contributed by atoms with Gasteiger partial charge in [-0.05, 0) is 47.3 Å². The van der Waals surface area contributed by atoms with E-state index in [1.54, 1.807) is 24.3 Å². The van der Waals surface area contributed by atoms with E-state index in [0.717, 1.165) is 5.69 Å². The monoisotopic (exact) mass is 557 g/mol. The second kappa shape index (κ2) is 10.9. The van der Waals surface area contributed by atoms with E-state index in [2.05, 4.69) is 4.31 Å². The van der Waals surface area contributed by atoms with Gasteiger partial charge in [0.2, 0.25) is 0 Å². The molecule has 2 atom stereocenters. The van der Waals surface area contributed by atoms with E-state index in [1.807, 2.05) is 60.3 Å². The first kappa shape index (κ1) is 32.3. The Morgan fingerprint density at radius 1 is 0.971 bits per heavy atom. The van der Waals surface area contributed by atoms with Crippen LogP contribution < -0.4 is 4.90 Å². The second-order valence-corrected chi connectivity index (χ2v) is 16.2. The Bertz CT molecular complexity index is 1060. The quantitative estimate of drug-likeness (QED) is 0.202. The van der Waals surface area contributed by atoms with Crippen LogP contribution in [0.4, 0.5) is 5.69 Å². The maximum atomic E-state index is 12.4. The molecule has 0 aliphatic rings. The van der Waals surface area contributed by atoms with Crippen molar-refractivity contribution < 1.29 is 41.1 Å². The van der Waals surface area contributed by atoms with Gasteiger partial charge in [-0.2, -0.15) is 8.42 Å². The fraction of sp³-hybridized carbons (Fsp3) is 0.727. The molecule has 4 N–H and O–H groups in total. The smallest absolute Gasteiger partial charge is 0.371 e. The fourth-order valence-corrected chi connectivity index (χ4v) is 8.04. The van der Waals surface area contributed by atoms with Crippen LogP contribution in [0.5, 0.6) is 0 Å². The summed E-state index contributed by atoms with van der Waals surface area (Å²) in [5.74, 6) is 0. The number of hydrogen-bond acceptors (Lipinski definition) is 6. The number of anilines is 1. The third-order valence-electron chi connectivity index (χ3n) is 6.59. The zero-order valence-electron chi connectivity index (χ0n) is 21.8. The lowest BCUT2D eigenvalue weighted by molar-refractivity contribution is 0.0893. The summed E-state index contributed by atoms with van der Waals surface area (Å²) in [5, 5.41) is -0.973. The fourth-order valence-electron chi connectivity index (χ4n) is 4.03. The Morgan fingerprint density at radius 2 is 1.46 bits per heavy atom. The van der Waals surface area contributed by atoms with Crippen LogP contribution in [0.3, 0.4) is 0 Å². The summed E-state index contributed by atoms with van der Waals surface area (Å²) < 4.78 is 61.8. The van der Waals surface area contributed by atoms with Gasteiger partial charge in [0, 0.05) is 18.8 Å². The molecule has 0 saturated carbocycles. The molecule has 0 fully saturated rings. The molecule has 0 radical (unpaired) electrons. The first-order chi connectivity index (χ1) is 15.4. The molecule has 13 heteroatoms. The molecule has 0 aliphatic heterocycles. The first-order valence-electron chi connectivity index (χ1n) is 11.3. The molecule has 10 nitrogen and oxygen atoms in total. The van der Waals surface area contributed by atoms with Gasteiger partial charge in [0.05, 0.1) is 11.4 Å². The van der Waals surface area contributed by atoms with Crippen LogP contribution >= 0.6 is 15.4 Å². The highest BCUT2D eigenvalue weighted by atomic mass is 32.2. The zero-order valence-corrected chi connectivity index (χ0v) is 24.4. The van der Waals surface area contributed by atoms with Crippen molar-refractivity contribution in [2.24, 2.45) is 16.2 Å². The highest BCUT2D eigenvalue weighted by Gasteiger charge is 2.50. The number of hydrogen-bond donors (Lipinski definition) is 4. The Kier molecular flexibility index (Phi) is 10.1. The highest BCUT2D eigenvalue weighted by molar-refractivity contribution is 7.86. The van der Waals surface area contributed by atoms with E-state index in [0.29, 0.717) is 25.1 Å². The molecule has 0 aromatic heterocycles. The minimum atomic E-state index is -5.11. The molecule has 0 aliphatic carbocycles. The Balaban J connectivity index is 3.18. The molecular formula is C22H41NO9P2S. The van der Waals surface area contributed by atoms with Crippen LogP contribution in [0.2, 0.25) is 0 Å². The number of benzene rings is 1. The lowest BCUT2D eigenvalue weighted by Gasteiger charge is -2.49. The van der Waals surface area contributed by atoms with E-state index in [9.17, 15) is 27.0 Å². The summed E-state index contributed by atoms with van der Waals surface area (Å²) in [6.45, 7) is 16.4. The third kappa shape index (κ3) is 9.90. The van der Waals surface area contributed by atoms with E-state index >= 15 is 0 Å². The molecule has 1 aromatic carbocycles.